The molecule has 0 saturated carbocycles. The van der Waals surface area contributed by atoms with Crippen LogP contribution in [0, 0.1) is 0 Å². The quantitative estimate of drug-likeness (QED) is 0.851. The van der Waals surface area contributed by atoms with Crippen molar-refractivity contribution in [1.29, 1.82) is 0 Å². The highest BCUT2D eigenvalue weighted by molar-refractivity contribution is 7.89. The van der Waals surface area contributed by atoms with Gasteiger partial charge in [-0.25, -0.2) is 13.1 Å². The Morgan fingerprint density at radius 3 is 2.45 bits per heavy atom. The van der Waals surface area contributed by atoms with Crippen molar-refractivity contribution in [3.8, 4) is 0 Å². The van der Waals surface area contributed by atoms with E-state index in [-0.39, 0.29) is 14.9 Å². The van der Waals surface area contributed by atoms with Crippen molar-refractivity contribution in [2.75, 3.05) is 13.1 Å². The largest absolute Gasteiger partial charge is 0.314 e. The van der Waals surface area contributed by atoms with Crippen molar-refractivity contribution in [3.05, 3.63) is 27.2 Å². The number of sulfonamides is 1. The summed E-state index contributed by atoms with van der Waals surface area (Å²) in [5.41, 5.74) is 0. The molecule has 2 N–H and O–H groups in total. The molecule has 112 valence electrons. The average molecular weight is 358 g/mol. The van der Waals surface area contributed by atoms with Gasteiger partial charge < -0.3 is 5.32 Å². The number of rotatable bonds is 5. The van der Waals surface area contributed by atoms with Crippen molar-refractivity contribution in [1.82, 2.24) is 10.0 Å². The molecule has 1 fully saturated rings. The van der Waals surface area contributed by atoms with E-state index < -0.39 is 10.0 Å². The lowest BCUT2D eigenvalue weighted by atomic mass is 10.2. The summed E-state index contributed by atoms with van der Waals surface area (Å²) < 4.78 is 27.0. The SMILES string of the molecule is O=S(=O)(NCC[C@@H]1CCCN1)c1c(Cl)cc(Cl)cc1Cl. The van der Waals surface area contributed by atoms with E-state index in [1.54, 1.807) is 0 Å². The fourth-order valence-corrected chi connectivity index (χ4v) is 4.82. The molecule has 0 aliphatic carbocycles. The van der Waals surface area contributed by atoms with Crippen molar-refractivity contribution >= 4 is 44.8 Å². The Morgan fingerprint density at radius 1 is 1.25 bits per heavy atom. The van der Waals surface area contributed by atoms with Crippen molar-refractivity contribution < 1.29 is 8.42 Å². The summed E-state index contributed by atoms with van der Waals surface area (Å²) in [6, 6.07) is 3.10. The lowest BCUT2D eigenvalue weighted by Crippen LogP contribution is -2.31. The molecule has 1 saturated heterocycles. The second-order valence-corrected chi connectivity index (χ2v) is 7.63. The number of hydrogen-bond donors (Lipinski definition) is 2. The molecule has 2 rings (SSSR count). The maximum atomic E-state index is 12.2. The molecule has 1 atom stereocenters. The van der Waals surface area contributed by atoms with E-state index in [0.29, 0.717) is 17.6 Å². The smallest absolute Gasteiger partial charge is 0.243 e. The Labute approximate surface area is 133 Å². The molecule has 0 amide bonds. The zero-order chi connectivity index (χ0) is 14.8. The number of nitrogens with one attached hydrogen (secondary N) is 2. The predicted molar refractivity (Wildman–Crippen MR) is 82.3 cm³/mol. The first-order chi connectivity index (χ1) is 9.40. The van der Waals surface area contributed by atoms with E-state index in [1.807, 2.05) is 0 Å². The highest BCUT2D eigenvalue weighted by Crippen LogP contribution is 2.32. The maximum absolute atomic E-state index is 12.2. The molecule has 0 bridgehead atoms. The van der Waals surface area contributed by atoms with Gasteiger partial charge in [-0.2, -0.15) is 0 Å². The first kappa shape index (κ1) is 16.3. The maximum Gasteiger partial charge on any atom is 0.243 e. The van der Waals surface area contributed by atoms with Crippen LogP contribution in [0.15, 0.2) is 17.0 Å². The molecule has 1 aliphatic rings. The fourth-order valence-electron chi connectivity index (χ4n) is 2.23. The van der Waals surface area contributed by atoms with Crippen LogP contribution in [0.2, 0.25) is 15.1 Å². The zero-order valence-corrected chi connectivity index (χ0v) is 13.7. The monoisotopic (exact) mass is 356 g/mol. The Hall–Kier alpha value is -0.0400. The van der Waals surface area contributed by atoms with Gasteiger partial charge in [0.2, 0.25) is 10.0 Å². The van der Waals surface area contributed by atoms with Gasteiger partial charge in [0.15, 0.2) is 0 Å². The first-order valence-corrected chi connectivity index (χ1v) is 8.89. The van der Waals surface area contributed by atoms with Gasteiger partial charge in [0, 0.05) is 17.6 Å². The van der Waals surface area contributed by atoms with Gasteiger partial charge in [-0.1, -0.05) is 34.8 Å². The van der Waals surface area contributed by atoms with Crippen LogP contribution in [0.25, 0.3) is 0 Å². The Balaban J connectivity index is 2.06. The number of halogens is 3. The van der Waals surface area contributed by atoms with Gasteiger partial charge in [-0.05, 0) is 37.9 Å². The Kier molecular flexibility index (Phi) is 5.56. The van der Waals surface area contributed by atoms with E-state index in [1.165, 1.54) is 12.1 Å². The highest BCUT2D eigenvalue weighted by Gasteiger charge is 2.23. The molecule has 1 aliphatic heterocycles. The summed E-state index contributed by atoms with van der Waals surface area (Å²) in [6.07, 6.45) is 2.94. The molecule has 0 aromatic heterocycles. The minimum Gasteiger partial charge on any atom is -0.314 e. The van der Waals surface area contributed by atoms with Gasteiger partial charge in [0.1, 0.15) is 4.90 Å². The Bertz CT molecular complexity index is 563. The third-order valence-corrected chi connectivity index (χ3v) is 5.78. The van der Waals surface area contributed by atoms with Gasteiger partial charge in [0.05, 0.1) is 10.0 Å². The second-order valence-electron chi connectivity index (χ2n) is 4.68. The summed E-state index contributed by atoms with van der Waals surface area (Å²) >= 11 is 17.6. The van der Waals surface area contributed by atoms with Gasteiger partial charge in [-0.3, -0.25) is 0 Å². The topological polar surface area (TPSA) is 58.2 Å². The molecule has 1 aromatic rings. The minimum absolute atomic E-state index is 0.0222. The van der Waals surface area contributed by atoms with Crippen LogP contribution in [0.3, 0.4) is 0 Å². The molecule has 8 heteroatoms. The summed E-state index contributed by atoms with van der Waals surface area (Å²) in [4.78, 5) is -0.121. The normalized spacial score (nSPS) is 19.4. The zero-order valence-electron chi connectivity index (χ0n) is 10.6. The average Bonchev–Trinajstić information content (AvgIpc) is 2.79. The van der Waals surface area contributed by atoms with Crippen molar-refractivity contribution in [3.63, 3.8) is 0 Å². The van der Waals surface area contributed by atoms with Crippen LogP contribution in [0.5, 0.6) is 0 Å². The van der Waals surface area contributed by atoms with Crippen LogP contribution < -0.4 is 10.0 Å². The minimum atomic E-state index is -3.73. The summed E-state index contributed by atoms with van der Waals surface area (Å²) in [5, 5.41) is 3.65. The number of benzene rings is 1. The molecule has 4 nitrogen and oxygen atoms in total. The lowest BCUT2D eigenvalue weighted by Gasteiger charge is -2.13. The number of hydrogen-bond acceptors (Lipinski definition) is 3. The van der Waals surface area contributed by atoms with E-state index in [9.17, 15) is 8.42 Å². The molecule has 0 unspecified atom stereocenters. The predicted octanol–water partition coefficient (Wildman–Crippen LogP) is 3.07. The summed E-state index contributed by atoms with van der Waals surface area (Å²) in [6.45, 7) is 1.33. The summed E-state index contributed by atoms with van der Waals surface area (Å²) in [7, 11) is -3.73. The van der Waals surface area contributed by atoms with Crippen LogP contribution in [-0.4, -0.2) is 27.5 Å². The van der Waals surface area contributed by atoms with Crippen molar-refractivity contribution in [2.45, 2.75) is 30.2 Å². The first-order valence-electron chi connectivity index (χ1n) is 6.28. The van der Waals surface area contributed by atoms with E-state index in [4.69, 9.17) is 34.8 Å². The third-order valence-electron chi connectivity index (χ3n) is 3.18. The molecule has 0 spiro atoms. The molecule has 0 radical (unpaired) electrons. The Morgan fingerprint density at radius 2 is 1.90 bits per heavy atom. The van der Waals surface area contributed by atoms with E-state index in [0.717, 1.165) is 25.8 Å². The van der Waals surface area contributed by atoms with Gasteiger partial charge in [-0.15, -0.1) is 0 Å². The van der Waals surface area contributed by atoms with Crippen LogP contribution >= 0.6 is 34.8 Å². The summed E-state index contributed by atoms with van der Waals surface area (Å²) in [5.74, 6) is 0. The fraction of sp³-hybridized carbons (Fsp3) is 0.500. The molecular formula is C12H15Cl3N2O2S. The van der Waals surface area contributed by atoms with Crippen LogP contribution in [-0.2, 0) is 10.0 Å². The second kappa shape index (κ2) is 6.81. The molecule has 1 aromatic carbocycles. The third kappa shape index (κ3) is 4.00. The molecular weight excluding hydrogens is 343 g/mol. The van der Waals surface area contributed by atoms with E-state index in [2.05, 4.69) is 10.0 Å². The lowest BCUT2D eigenvalue weighted by molar-refractivity contribution is 0.539. The van der Waals surface area contributed by atoms with Gasteiger partial charge >= 0.3 is 0 Å². The van der Waals surface area contributed by atoms with Crippen LogP contribution in [0.1, 0.15) is 19.3 Å². The van der Waals surface area contributed by atoms with E-state index >= 15 is 0 Å². The molecule has 20 heavy (non-hydrogen) atoms. The van der Waals surface area contributed by atoms with Crippen molar-refractivity contribution in [2.24, 2.45) is 0 Å². The molecule has 1 heterocycles. The van der Waals surface area contributed by atoms with Crippen LogP contribution in [0.4, 0.5) is 0 Å². The van der Waals surface area contributed by atoms with Gasteiger partial charge in [0.25, 0.3) is 0 Å². The highest BCUT2D eigenvalue weighted by atomic mass is 35.5. The standard InChI is InChI=1S/C12H15Cl3N2O2S/c13-8-6-10(14)12(11(15)7-8)20(18,19)17-5-3-9-2-1-4-16-9/h6-7,9,16-17H,1-5H2/t9-/m0/s1.